The second kappa shape index (κ2) is 8.42. The third-order valence-corrected chi connectivity index (χ3v) is 6.53. The first-order valence-electron chi connectivity index (χ1n) is 10.4. The van der Waals surface area contributed by atoms with Gasteiger partial charge in [0.05, 0.1) is 12.7 Å². The van der Waals surface area contributed by atoms with Crippen LogP contribution in [0.4, 0.5) is 8.78 Å². The minimum atomic E-state index is -3.29. The average Bonchev–Trinajstić information content (AvgIpc) is 3.14. The summed E-state index contributed by atoms with van der Waals surface area (Å²) in [7, 11) is 0. The van der Waals surface area contributed by atoms with Crippen molar-refractivity contribution < 1.29 is 43.4 Å². The van der Waals surface area contributed by atoms with Gasteiger partial charge < -0.3 is 34.6 Å². The van der Waals surface area contributed by atoms with Gasteiger partial charge >= 0.3 is 6.11 Å². The monoisotopic (exact) mass is 486 g/mol. The lowest BCUT2D eigenvalue weighted by Crippen LogP contribution is -2.67. The van der Waals surface area contributed by atoms with Crippen LogP contribution in [-0.2, 0) is 21.7 Å². The molecule has 0 saturated carbocycles. The number of hydrogen-bond donors (Lipinski definition) is 4. The summed E-state index contributed by atoms with van der Waals surface area (Å²) in [4.78, 5) is 0. The Labute approximate surface area is 194 Å². The van der Waals surface area contributed by atoms with Crippen molar-refractivity contribution in [3.05, 3.63) is 64.2 Å². The second-order valence-corrected chi connectivity index (χ2v) is 9.01. The van der Waals surface area contributed by atoms with Crippen LogP contribution in [0.1, 0.15) is 30.5 Å². The van der Waals surface area contributed by atoms with Crippen LogP contribution in [-0.4, -0.2) is 63.2 Å². The van der Waals surface area contributed by atoms with E-state index in [0.29, 0.717) is 29.5 Å². The minimum Gasteiger partial charge on any atom is -0.433 e. The zero-order valence-electron chi connectivity index (χ0n) is 17.9. The lowest BCUT2D eigenvalue weighted by molar-refractivity contribution is -0.336. The molecular formula is C23H25ClF2O7. The first-order valence-corrected chi connectivity index (χ1v) is 10.8. The van der Waals surface area contributed by atoms with Gasteiger partial charge in [-0.25, -0.2) is 0 Å². The molecule has 0 radical (unpaired) electrons. The molecule has 10 heteroatoms. The molecule has 2 fully saturated rings. The smallest absolute Gasteiger partial charge is 0.394 e. The molecule has 2 saturated heterocycles. The molecule has 4 rings (SSSR count). The van der Waals surface area contributed by atoms with Gasteiger partial charge in [-0.3, -0.25) is 0 Å². The Balaban J connectivity index is 1.64. The molecule has 2 aromatic rings. The van der Waals surface area contributed by atoms with Gasteiger partial charge in [0, 0.05) is 17.5 Å². The van der Waals surface area contributed by atoms with Crippen LogP contribution < -0.4 is 4.74 Å². The van der Waals surface area contributed by atoms with Crippen molar-refractivity contribution in [3.63, 3.8) is 0 Å². The van der Waals surface area contributed by atoms with E-state index in [1.54, 1.807) is 30.3 Å². The average molecular weight is 487 g/mol. The summed E-state index contributed by atoms with van der Waals surface area (Å²) in [6.45, 7) is 1.81. The van der Waals surface area contributed by atoms with Crippen molar-refractivity contribution in [2.75, 3.05) is 6.61 Å². The fraction of sp³-hybridized carbons (Fsp3) is 0.478. The van der Waals surface area contributed by atoms with Gasteiger partial charge in [-0.15, -0.1) is 0 Å². The predicted molar refractivity (Wildman–Crippen MR) is 113 cm³/mol. The number of halogens is 3. The second-order valence-electron chi connectivity index (χ2n) is 8.61. The molecule has 2 heterocycles. The molecule has 0 aliphatic carbocycles. The van der Waals surface area contributed by atoms with Crippen molar-refractivity contribution in [2.24, 2.45) is 0 Å². The molecule has 33 heavy (non-hydrogen) atoms. The lowest BCUT2D eigenvalue weighted by Gasteiger charge is -2.47. The van der Waals surface area contributed by atoms with Crippen molar-refractivity contribution >= 4 is 11.6 Å². The Kier molecular flexibility index (Phi) is 6.20. The molecule has 0 spiro atoms. The number of benzene rings is 2. The number of ether oxygens (including phenoxy) is 3. The SMILES string of the molecule is CC(O)[C@@]12CO[C@@](c3ccc(Cl)c(Cc4ccc(OC(C)(F)F)cc4)c3)(O1)[C@H](O)[C@@H](O)[C@@H]2O. The van der Waals surface area contributed by atoms with E-state index in [0.717, 1.165) is 5.56 Å². The summed E-state index contributed by atoms with van der Waals surface area (Å²) >= 11 is 6.37. The van der Waals surface area contributed by atoms with Crippen molar-refractivity contribution in [2.45, 2.75) is 62.2 Å². The molecule has 180 valence electrons. The third-order valence-electron chi connectivity index (χ3n) is 6.16. The van der Waals surface area contributed by atoms with Crippen molar-refractivity contribution in [1.29, 1.82) is 0 Å². The summed E-state index contributed by atoms with van der Waals surface area (Å²) < 4.78 is 42.3. The number of aliphatic hydroxyl groups is 4. The Morgan fingerprint density at radius 2 is 1.82 bits per heavy atom. The third kappa shape index (κ3) is 4.23. The van der Waals surface area contributed by atoms with Crippen molar-refractivity contribution in [1.82, 2.24) is 0 Å². The van der Waals surface area contributed by atoms with Crippen LogP contribution in [0, 0.1) is 0 Å². The standard InChI is InChI=1S/C23H25ClF2O7/c1-12(27)22-11-31-23(33-22,20(30)18(28)19(22)29)15-5-8-17(24)14(10-15)9-13-3-6-16(7-4-13)32-21(2,25)26/h3-8,10,12,18-20,27-30H,9,11H2,1-2H3/t12?,18-,19-,20+,22+,23-/m0/s1. The maximum absolute atomic E-state index is 13.0. The number of alkyl halides is 2. The Morgan fingerprint density at radius 3 is 2.42 bits per heavy atom. The van der Waals surface area contributed by atoms with E-state index in [1.807, 2.05) is 0 Å². The normalized spacial score (nSPS) is 32.6. The van der Waals surface area contributed by atoms with Crippen LogP contribution >= 0.6 is 11.6 Å². The number of fused-ring (bicyclic) bond motifs is 2. The first-order chi connectivity index (χ1) is 15.4. The largest absolute Gasteiger partial charge is 0.433 e. The van der Waals surface area contributed by atoms with Crippen LogP contribution in [0.15, 0.2) is 42.5 Å². The highest BCUT2D eigenvalue weighted by atomic mass is 35.5. The van der Waals surface area contributed by atoms with Crippen LogP contribution in [0.25, 0.3) is 0 Å². The van der Waals surface area contributed by atoms with Gasteiger partial charge in [0.15, 0.2) is 0 Å². The molecule has 6 atom stereocenters. The van der Waals surface area contributed by atoms with Gasteiger partial charge in [-0.1, -0.05) is 29.8 Å². The van der Waals surface area contributed by atoms with Crippen molar-refractivity contribution in [3.8, 4) is 5.75 Å². The molecule has 2 aromatic carbocycles. The van der Waals surface area contributed by atoms with Crippen LogP contribution in [0.2, 0.25) is 5.02 Å². The summed E-state index contributed by atoms with van der Waals surface area (Å²) in [5, 5.41) is 42.3. The van der Waals surface area contributed by atoms with E-state index in [4.69, 9.17) is 21.1 Å². The number of aliphatic hydroxyl groups excluding tert-OH is 4. The molecule has 0 aromatic heterocycles. The van der Waals surface area contributed by atoms with E-state index < -0.39 is 41.9 Å². The van der Waals surface area contributed by atoms with Gasteiger partial charge in [-0.05, 0) is 48.7 Å². The van der Waals surface area contributed by atoms with Gasteiger partial charge in [-0.2, -0.15) is 8.78 Å². The molecule has 4 N–H and O–H groups in total. The van der Waals surface area contributed by atoms with E-state index in [-0.39, 0.29) is 12.4 Å². The molecular weight excluding hydrogens is 462 g/mol. The quantitative estimate of drug-likeness (QED) is 0.496. The lowest BCUT2D eigenvalue weighted by atomic mass is 9.81. The van der Waals surface area contributed by atoms with Gasteiger partial charge in [0.1, 0.15) is 29.7 Å². The summed E-state index contributed by atoms with van der Waals surface area (Å²) in [5.74, 6) is -1.80. The molecule has 2 aliphatic rings. The van der Waals surface area contributed by atoms with Crippen LogP contribution in [0.3, 0.4) is 0 Å². The maximum atomic E-state index is 13.0. The molecule has 2 aliphatic heterocycles. The predicted octanol–water partition coefficient (Wildman–Crippen LogP) is 2.34. The summed E-state index contributed by atoms with van der Waals surface area (Å²) in [5.41, 5.74) is 0.0981. The Morgan fingerprint density at radius 1 is 1.15 bits per heavy atom. The highest BCUT2D eigenvalue weighted by Gasteiger charge is 2.68. The van der Waals surface area contributed by atoms with Gasteiger partial charge in [0.2, 0.25) is 5.79 Å². The molecule has 1 unspecified atom stereocenters. The van der Waals surface area contributed by atoms with E-state index in [9.17, 15) is 29.2 Å². The zero-order valence-corrected chi connectivity index (χ0v) is 18.7. The highest BCUT2D eigenvalue weighted by molar-refractivity contribution is 6.31. The summed E-state index contributed by atoms with van der Waals surface area (Å²) in [6, 6.07) is 10.9. The molecule has 2 bridgehead atoms. The topological polar surface area (TPSA) is 109 Å². The van der Waals surface area contributed by atoms with Crippen LogP contribution in [0.5, 0.6) is 5.75 Å². The number of rotatable bonds is 6. The first kappa shape index (κ1) is 24.3. The minimum absolute atomic E-state index is 0.0186. The Bertz CT molecular complexity index is 1010. The summed E-state index contributed by atoms with van der Waals surface area (Å²) in [6.07, 6.45) is -9.00. The van der Waals surface area contributed by atoms with Gasteiger partial charge in [0.25, 0.3) is 0 Å². The molecule has 7 nitrogen and oxygen atoms in total. The number of hydrogen-bond acceptors (Lipinski definition) is 7. The maximum Gasteiger partial charge on any atom is 0.394 e. The highest BCUT2D eigenvalue weighted by Crippen LogP contribution is 2.51. The molecule has 0 amide bonds. The zero-order chi connectivity index (χ0) is 24.2. The van der Waals surface area contributed by atoms with E-state index in [2.05, 4.69) is 4.74 Å². The Hall–Kier alpha value is -1.85. The fourth-order valence-electron chi connectivity index (χ4n) is 4.33. The van der Waals surface area contributed by atoms with E-state index >= 15 is 0 Å². The van der Waals surface area contributed by atoms with E-state index in [1.165, 1.54) is 19.1 Å². The fourth-order valence-corrected chi connectivity index (χ4v) is 4.52.